The van der Waals surface area contributed by atoms with Gasteiger partial charge in [-0.1, -0.05) is 47.5 Å². The molecule has 1 aliphatic rings. The first-order valence-corrected chi connectivity index (χ1v) is 8.94. The quantitative estimate of drug-likeness (QED) is 0.798. The van der Waals surface area contributed by atoms with E-state index in [0.29, 0.717) is 30.0 Å². The van der Waals surface area contributed by atoms with E-state index in [9.17, 15) is 9.59 Å². The Morgan fingerprint density at radius 1 is 1.08 bits per heavy atom. The number of hydrogen-bond donors (Lipinski definition) is 1. The van der Waals surface area contributed by atoms with Gasteiger partial charge in [0.15, 0.2) is 0 Å². The van der Waals surface area contributed by atoms with Crippen LogP contribution < -0.4 is 10.2 Å². The lowest BCUT2D eigenvalue weighted by Crippen LogP contribution is -2.30. The fourth-order valence-corrected chi connectivity index (χ4v) is 3.33. The Balaban J connectivity index is 1.48. The number of fused-ring (bicyclic) bond motifs is 1. The summed E-state index contributed by atoms with van der Waals surface area (Å²) in [6, 6.07) is 12.9. The van der Waals surface area contributed by atoms with E-state index in [1.54, 1.807) is 18.2 Å². The van der Waals surface area contributed by atoms with E-state index in [1.807, 2.05) is 23.1 Å². The minimum Gasteiger partial charge on any atom is -0.352 e. The summed E-state index contributed by atoms with van der Waals surface area (Å²) >= 11 is 11.9. The maximum Gasteiger partial charge on any atom is 0.252 e. The highest BCUT2D eigenvalue weighted by molar-refractivity contribution is 6.43. The van der Waals surface area contributed by atoms with Gasteiger partial charge >= 0.3 is 0 Å². The molecule has 3 rings (SSSR count). The molecule has 2 aromatic carbocycles. The Labute approximate surface area is 156 Å². The summed E-state index contributed by atoms with van der Waals surface area (Å²) in [5, 5.41) is 3.37. The van der Waals surface area contributed by atoms with E-state index in [0.717, 1.165) is 18.7 Å². The maximum absolute atomic E-state index is 12.4. The third kappa shape index (κ3) is 3.97. The minimum atomic E-state index is -0.286. The lowest BCUT2D eigenvalue weighted by atomic mass is 10.2. The van der Waals surface area contributed by atoms with Crippen molar-refractivity contribution in [3.63, 3.8) is 0 Å². The topological polar surface area (TPSA) is 49.4 Å². The molecular formula is C19H18Cl2N2O2. The lowest BCUT2D eigenvalue weighted by molar-refractivity contribution is -0.118. The van der Waals surface area contributed by atoms with Crippen LogP contribution in [-0.4, -0.2) is 24.9 Å². The van der Waals surface area contributed by atoms with Crippen molar-refractivity contribution in [1.82, 2.24) is 5.32 Å². The number of nitrogens with zero attached hydrogens (tertiary/aromatic N) is 1. The van der Waals surface area contributed by atoms with Crippen LogP contribution in [0.25, 0.3) is 0 Å². The smallest absolute Gasteiger partial charge is 0.252 e. The number of benzene rings is 2. The normalized spacial score (nSPS) is 12.8. The van der Waals surface area contributed by atoms with Gasteiger partial charge in [-0.3, -0.25) is 9.59 Å². The van der Waals surface area contributed by atoms with E-state index in [-0.39, 0.29) is 16.8 Å². The summed E-state index contributed by atoms with van der Waals surface area (Å²) < 4.78 is 0. The van der Waals surface area contributed by atoms with Gasteiger partial charge in [0.05, 0.1) is 15.6 Å². The summed E-state index contributed by atoms with van der Waals surface area (Å²) in [4.78, 5) is 26.4. The number of hydrogen-bond acceptors (Lipinski definition) is 2. The molecule has 0 aliphatic carbocycles. The highest BCUT2D eigenvalue weighted by Crippen LogP contribution is 2.28. The third-order valence-corrected chi connectivity index (χ3v) is 5.06. The van der Waals surface area contributed by atoms with Gasteiger partial charge in [0.25, 0.3) is 5.91 Å². The number of anilines is 1. The van der Waals surface area contributed by atoms with Gasteiger partial charge in [0, 0.05) is 25.2 Å². The summed E-state index contributed by atoms with van der Waals surface area (Å²) in [6.07, 6.45) is 1.85. The number of carbonyl (C=O) groups is 2. The summed E-state index contributed by atoms with van der Waals surface area (Å²) in [5.74, 6) is -0.202. The average Bonchev–Trinajstić information content (AvgIpc) is 3.05. The minimum absolute atomic E-state index is 0.0833. The van der Waals surface area contributed by atoms with Crippen molar-refractivity contribution in [2.75, 3.05) is 18.0 Å². The predicted molar refractivity (Wildman–Crippen MR) is 101 cm³/mol. The zero-order valence-electron chi connectivity index (χ0n) is 13.6. The molecule has 2 aromatic rings. The molecule has 0 fully saturated rings. The van der Waals surface area contributed by atoms with Crippen LogP contribution in [0.5, 0.6) is 0 Å². The van der Waals surface area contributed by atoms with Gasteiger partial charge in [-0.05, 0) is 36.6 Å². The molecule has 0 spiro atoms. The van der Waals surface area contributed by atoms with Crippen LogP contribution in [0.4, 0.5) is 5.69 Å². The highest BCUT2D eigenvalue weighted by atomic mass is 35.5. The number of para-hydroxylation sites is 1. The molecule has 1 heterocycles. The molecule has 130 valence electrons. The average molecular weight is 377 g/mol. The third-order valence-electron chi connectivity index (χ3n) is 4.24. The van der Waals surface area contributed by atoms with Crippen LogP contribution in [0, 0.1) is 0 Å². The monoisotopic (exact) mass is 376 g/mol. The van der Waals surface area contributed by atoms with Crippen molar-refractivity contribution >= 4 is 40.7 Å². The van der Waals surface area contributed by atoms with Gasteiger partial charge in [-0.2, -0.15) is 0 Å². The van der Waals surface area contributed by atoms with E-state index >= 15 is 0 Å². The van der Waals surface area contributed by atoms with Gasteiger partial charge in [0.1, 0.15) is 0 Å². The molecule has 1 aliphatic heterocycles. The first kappa shape index (κ1) is 17.8. The summed E-state index contributed by atoms with van der Waals surface area (Å²) in [6.45, 7) is 1.13. The molecule has 2 amide bonds. The van der Waals surface area contributed by atoms with E-state index in [2.05, 4.69) is 11.4 Å². The standard InChI is InChI=1S/C19H18Cl2N2O2/c20-15-7-3-6-14(18(15)21)19(25)22-11-4-9-17(24)23-12-10-13-5-1-2-8-16(13)23/h1-3,5-8H,4,9-12H2,(H,22,25). The van der Waals surface area contributed by atoms with Crippen LogP contribution in [0.1, 0.15) is 28.8 Å². The Bertz CT molecular complexity index is 808. The van der Waals surface area contributed by atoms with E-state index < -0.39 is 0 Å². The van der Waals surface area contributed by atoms with Gasteiger partial charge in [-0.25, -0.2) is 0 Å². The van der Waals surface area contributed by atoms with Crippen LogP contribution in [0.15, 0.2) is 42.5 Å². The van der Waals surface area contributed by atoms with Crippen molar-refractivity contribution in [3.8, 4) is 0 Å². The van der Waals surface area contributed by atoms with E-state index in [1.165, 1.54) is 5.56 Å². The number of rotatable bonds is 5. The van der Waals surface area contributed by atoms with Crippen molar-refractivity contribution in [2.24, 2.45) is 0 Å². The summed E-state index contributed by atoms with van der Waals surface area (Å²) in [5.41, 5.74) is 2.55. The number of amides is 2. The van der Waals surface area contributed by atoms with Crippen molar-refractivity contribution in [1.29, 1.82) is 0 Å². The fourth-order valence-electron chi connectivity index (χ4n) is 2.95. The number of halogens is 2. The van der Waals surface area contributed by atoms with Crippen molar-refractivity contribution in [2.45, 2.75) is 19.3 Å². The van der Waals surface area contributed by atoms with Crippen LogP contribution in [0.2, 0.25) is 10.0 Å². The molecule has 25 heavy (non-hydrogen) atoms. The molecule has 0 saturated carbocycles. The molecule has 6 heteroatoms. The molecule has 0 unspecified atom stereocenters. The van der Waals surface area contributed by atoms with Gasteiger partial charge < -0.3 is 10.2 Å². The zero-order valence-corrected chi connectivity index (χ0v) is 15.1. The molecule has 0 aromatic heterocycles. The van der Waals surface area contributed by atoms with Gasteiger partial charge in [-0.15, -0.1) is 0 Å². The first-order valence-electron chi connectivity index (χ1n) is 8.18. The second-order valence-electron chi connectivity index (χ2n) is 5.88. The van der Waals surface area contributed by atoms with Gasteiger partial charge in [0.2, 0.25) is 5.91 Å². The van der Waals surface area contributed by atoms with Crippen LogP contribution >= 0.6 is 23.2 Å². The Kier molecular flexibility index (Phi) is 5.61. The lowest BCUT2D eigenvalue weighted by Gasteiger charge is -2.17. The van der Waals surface area contributed by atoms with Crippen LogP contribution in [-0.2, 0) is 11.2 Å². The molecule has 4 nitrogen and oxygen atoms in total. The summed E-state index contributed by atoms with van der Waals surface area (Å²) in [7, 11) is 0. The predicted octanol–water partition coefficient (Wildman–Crippen LogP) is 4.09. The van der Waals surface area contributed by atoms with Crippen molar-refractivity contribution in [3.05, 3.63) is 63.6 Å². The number of nitrogens with one attached hydrogen (secondary N) is 1. The van der Waals surface area contributed by atoms with Crippen LogP contribution in [0.3, 0.4) is 0 Å². The molecule has 0 bridgehead atoms. The second kappa shape index (κ2) is 7.89. The highest BCUT2D eigenvalue weighted by Gasteiger charge is 2.23. The first-order chi connectivity index (χ1) is 12.1. The second-order valence-corrected chi connectivity index (χ2v) is 6.67. The van der Waals surface area contributed by atoms with Crippen molar-refractivity contribution < 1.29 is 9.59 Å². The SMILES string of the molecule is O=C(NCCCC(=O)N1CCc2ccccc21)c1cccc(Cl)c1Cl. The molecule has 1 N–H and O–H groups in total. The largest absolute Gasteiger partial charge is 0.352 e. The van der Waals surface area contributed by atoms with E-state index in [4.69, 9.17) is 23.2 Å². The molecular weight excluding hydrogens is 359 g/mol. The molecule has 0 atom stereocenters. The number of carbonyl (C=O) groups excluding carboxylic acids is 2. The zero-order chi connectivity index (χ0) is 17.8. The molecule has 0 saturated heterocycles. The fraction of sp³-hybridized carbons (Fsp3) is 0.263. The Morgan fingerprint density at radius 2 is 1.88 bits per heavy atom. The Morgan fingerprint density at radius 3 is 2.72 bits per heavy atom. The molecule has 0 radical (unpaired) electrons. The Hall–Kier alpha value is -2.04. The maximum atomic E-state index is 12.4.